The summed E-state index contributed by atoms with van der Waals surface area (Å²) in [5, 5.41) is 4.83. The van der Waals surface area contributed by atoms with Crippen molar-refractivity contribution in [2.24, 2.45) is 0 Å². The van der Waals surface area contributed by atoms with Crippen molar-refractivity contribution < 1.29 is 22.4 Å². The highest BCUT2D eigenvalue weighted by atomic mass is 19.2. The zero-order valence-corrected chi connectivity index (χ0v) is 11.3. The van der Waals surface area contributed by atoms with Crippen molar-refractivity contribution in [1.29, 1.82) is 0 Å². The summed E-state index contributed by atoms with van der Waals surface area (Å²) < 4.78 is 52.7. The van der Waals surface area contributed by atoms with Crippen LogP contribution in [-0.4, -0.2) is 18.5 Å². The van der Waals surface area contributed by atoms with E-state index in [-0.39, 0.29) is 12.1 Å². The Morgan fingerprint density at radius 2 is 1.62 bits per heavy atom. The number of hydrogen-bond donors (Lipinski definition) is 2. The second kappa shape index (κ2) is 6.78. The summed E-state index contributed by atoms with van der Waals surface area (Å²) >= 11 is 0. The van der Waals surface area contributed by atoms with Crippen LogP contribution >= 0.6 is 0 Å². The van der Waals surface area contributed by atoms with Crippen LogP contribution in [0.1, 0.15) is 32.1 Å². The highest BCUT2D eigenvalue weighted by Gasteiger charge is 2.20. The van der Waals surface area contributed by atoms with Gasteiger partial charge in [0.25, 0.3) is 0 Å². The minimum Gasteiger partial charge on any atom is -0.371 e. The van der Waals surface area contributed by atoms with Gasteiger partial charge in [0.2, 0.25) is 5.91 Å². The molecule has 116 valence electrons. The third kappa shape index (κ3) is 3.86. The molecular formula is C14H16F4N2O. The largest absolute Gasteiger partial charge is 0.371 e. The van der Waals surface area contributed by atoms with Crippen molar-refractivity contribution in [3.63, 3.8) is 0 Å². The van der Waals surface area contributed by atoms with Gasteiger partial charge in [0.05, 0.1) is 6.54 Å². The predicted molar refractivity (Wildman–Crippen MR) is 69.8 cm³/mol. The highest BCUT2D eigenvalue weighted by molar-refractivity contribution is 5.81. The lowest BCUT2D eigenvalue weighted by Crippen LogP contribution is -2.39. The number of carbonyl (C=O) groups excluding carboxylic acids is 1. The Morgan fingerprint density at radius 1 is 1.05 bits per heavy atom. The molecule has 1 amide bonds. The molecule has 0 atom stereocenters. The number of amides is 1. The summed E-state index contributed by atoms with van der Waals surface area (Å²) in [5.74, 6) is -6.57. The summed E-state index contributed by atoms with van der Waals surface area (Å²) in [5.41, 5.74) is -0.966. The molecule has 1 aromatic rings. The van der Waals surface area contributed by atoms with Gasteiger partial charge in [-0.15, -0.1) is 0 Å². The van der Waals surface area contributed by atoms with Gasteiger partial charge in [0, 0.05) is 12.1 Å². The molecular weight excluding hydrogens is 288 g/mol. The van der Waals surface area contributed by atoms with Gasteiger partial charge in [-0.3, -0.25) is 4.79 Å². The van der Waals surface area contributed by atoms with Crippen molar-refractivity contribution in [2.45, 2.75) is 38.1 Å². The first kappa shape index (κ1) is 15.6. The smallest absolute Gasteiger partial charge is 0.239 e. The maximum Gasteiger partial charge on any atom is 0.239 e. The fraction of sp³-hybridized carbons (Fsp3) is 0.500. The number of nitrogens with one attached hydrogen (secondary N) is 2. The SMILES string of the molecule is O=C(CNc1c(F)c(F)cc(F)c1F)NC1CCCCC1. The van der Waals surface area contributed by atoms with E-state index in [2.05, 4.69) is 10.6 Å². The van der Waals surface area contributed by atoms with E-state index < -0.39 is 41.4 Å². The molecule has 0 saturated heterocycles. The molecule has 1 saturated carbocycles. The van der Waals surface area contributed by atoms with Gasteiger partial charge < -0.3 is 10.6 Å². The van der Waals surface area contributed by atoms with Gasteiger partial charge in [0.1, 0.15) is 5.69 Å². The van der Waals surface area contributed by atoms with Crippen molar-refractivity contribution in [2.75, 3.05) is 11.9 Å². The number of rotatable bonds is 4. The fourth-order valence-electron chi connectivity index (χ4n) is 2.42. The van der Waals surface area contributed by atoms with E-state index in [1.54, 1.807) is 0 Å². The zero-order chi connectivity index (χ0) is 15.4. The van der Waals surface area contributed by atoms with E-state index in [4.69, 9.17) is 0 Å². The van der Waals surface area contributed by atoms with E-state index >= 15 is 0 Å². The van der Waals surface area contributed by atoms with Crippen molar-refractivity contribution in [3.8, 4) is 0 Å². The Morgan fingerprint density at radius 3 is 2.19 bits per heavy atom. The number of carbonyl (C=O) groups is 1. The monoisotopic (exact) mass is 304 g/mol. The molecule has 0 aliphatic heterocycles. The molecule has 0 unspecified atom stereocenters. The van der Waals surface area contributed by atoms with Gasteiger partial charge in [-0.05, 0) is 12.8 Å². The lowest BCUT2D eigenvalue weighted by atomic mass is 9.95. The summed E-state index contributed by atoms with van der Waals surface area (Å²) in [6.45, 7) is -0.451. The first-order chi connectivity index (χ1) is 9.99. The van der Waals surface area contributed by atoms with Gasteiger partial charge in [-0.25, -0.2) is 17.6 Å². The van der Waals surface area contributed by atoms with Gasteiger partial charge >= 0.3 is 0 Å². The molecule has 21 heavy (non-hydrogen) atoms. The second-order valence-corrected chi connectivity index (χ2v) is 5.10. The molecule has 1 aromatic carbocycles. The Hall–Kier alpha value is -1.79. The van der Waals surface area contributed by atoms with Crippen LogP contribution < -0.4 is 10.6 Å². The highest BCUT2D eigenvalue weighted by Crippen LogP contribution is 2.24. The van der Waals surface area contributed by atoms with Gasteiger partial charge in [-0.2, -0.15) is 0 Å². The fourth-order valence-corrected chi connectivity index (χ4v) is 2.42. The third-order valence-corrected chi connectivity index (χ3v) is 3.51. The third-order valence-electron chi connectivity index (χ3n) is 3.51. The Kier molecular flexibility index (Phi) is 5.03. The van der Waals surface area contributed by atoms with Crippen LogP contribution in [0.15, 0.2) is 6.07 Å². The first-order valence-corrected chi connectivity index (χ1v) is 6.85. The number of halogens is 4. The van der Waals surface area contributed by atoms with Crippen LogP contribution in [0.2, 0.25) is 0 Å². The summed E-state index contributed by atoms with van der Waals surface area (Å²) in [4.78, 5) is 11.7. The minimum absolute atomic E-state index is 0.0481. The Bertz CT molecular complexity index is 504. The van der Waals surface area contributed by atoms with Gasteiger partial charge in [-0.1, -0.05) is 19.3 Å². The van der Waals surface area contributed by atoms with E-state index in [1.165, 1.54) is 0 Å². The zero-order valence-electron chi connectivity index (χ0n) is 11.3. The molecule has 0 aromatic heterocycles. The van der Waals surface area contributed by atoms with E-state index in [9.17, 15) is 22.4 Å². The lowest BCUT2D eigenvalue weighted by molar-refractivity contribution is -0.120. The van der Waals surface area contributed by atoms with Gasteiger partial charge in [0.15, 0.2) is 23.3 Å². The van der Waals surface area contributed by atoms with Crippen molar-refractivity contribution in [3.05, 3.63) is 29.3 Å². The normalized spacial score (nSPS) is 15.8. The molecule has 2 N–H and O–H groups in total. The Balaban J connectivity index is 1.95. The second-order valence-electron chi connectivity index (χ2n) is 5.10. The maximum absolute atomic E-state index is 13.4. The average Bonchev–Trinajstić information content (AvgIpc) is 2.46. The number of anilines is 1. The molecule has 1 fully saturated rings. The summed E-state index contributed by atoms with van der Waals surface area (Å²) in [6.07, 6.45) is 4.91. The van der Waals surface area contributed by atoms with E-state index in [1.807, 2.05) is 0 Å². The first-order valence-electron chi connectivity index (χ1n) is 6.85. The molecule has 3 nitrogen and oxygen atoms in total. The predicted octanol–water partition coefficient (Wildman–Crippen LogP) is 3.10. The van der Waals surface area contributed by atoms with Crippen LogP contribution in [0.4, 0.5) is 23.2 Å². The summed E-state index contributed by atoms with van der Waals surface area (Å²) in [7, 11) is 0. The molecule has 0 radical (unpaired) electrons. The van der Waals surface area contributed by atoms with Crippen LogP contribution in [0.5, 0.6) is 0 Å². The van der Waals surface area contributed by atoms with Crippen LogP contribution in [-0.2, 0) is 4.79 Å². The van der Waals surface area contributed by atoms with E-state index in [0.29, 0.717) is 0 Å². The number of benzene rings is 1. The van der Waals surface area contributed by atoms with Crippen molar-refractivity contribution in [1.82, 2.24) is 5.32 Å². The summed E-state index contributed by atoms with van der Waals surface area (Å²) in [6, 6.07) is 0.171. The quantitative estimate of drug-likeness (QED) is 0.663. The standard InChI is InChI=1S/C14H16F4N2O/c15-9-6-10(16)13(18)14(12(9)17)19-7-11(21)20-8-4-2-1-3-5-8/h6,8,19H,1-5,7H2,(H,20,21). The molecule has 7 heteroatoms. The molecule has 2 rings (SSSR count). The molecule has 1 aliphatic carbocycles. The topological polar surface area (TPSA) is 41.1 Å². The maximum atomic E-state index is 13.4. The lowest BCUT2D eigenvalue weighted by Gasteiger charge is -2.23. The van der Waals surface area contributed by atoms with E-state index in [0.717, 1.165) is 32.1 Å². The molecule has 0 heterocycles. The average molecular weight is 304 g/mol. The molecule has 1 aliphatic rings. The van der Waals surface area contributed by atoms with Crippen molar-refractivity contribution >= 4 is 11.6 Å². The van der Waals surface area contributed by atoms with Crippen LogP contribution in [0, 0.1) is 23.3 Å². The molecule has 0 spiro atoms. The van der Waals surface area contributed by atoms with Crippen LogP contribution in [0.25, 0.3) is 0 Å². The molecule has 0 bridgehead atoms. The Labute approximate surface area is 119 Å². The number of hydrogen-bond acceptors (Lipinski definition) is 2. The van der Waals surface area contributed by atoms with Crippen LogP contribution in [0.3, 0.4) is 0 Å². The minimum atomic E-state index is -1.54.